The number of carbonyl (C=O) groups excluding carboxylic acids is 1. The van der Waals surface area contributed by atoms with Crippen molar-refractivity contribution in [2.45, 2.75) is 13.0 Å². The summed E-state index contributed by atoms with van der Waals surface area (Å²) in [6.45, 7) is 5.23. The largest absolute Gasteiger partial charge is 0.368 e. The molecule has 37 heavy (non-hydrogen) atoms. The third-order valence-electron chi connectivity index (χ3n) is 7.12. The van der Waals surface area contributed by atoms with E-state index in [0.29, 0.717) is 19.0 Å². The van der Waals surface area contributed by atoms with Gasteiger partial charge in [-0.2, -0.15) is 4.68 Å². The molecule has 0 aliphatic carbocycles. The van der Waals surface area contributed by atoms with E-state index in [4.69, 9.17) is 0 Å². The number of aryl methyl sites for hydroxylation is 1. The lowest BCUT2D eigenvalue weighted by atomic mass is 10.00. The maximum absolute atomic E-state index is 13.6. The minimum atomic E-state index is -0.164. The highest BCUT2D eigenvalue weighted by molar-refractivity contribution is 5.89. The number of piperazine rings is 1. The average Bonchev–Trinajstić information content (AvgIpc) is 3.45. The second-order valence-electron chi connectivity index (χ2n) is 9.49. The summed E-state index contributed by atoms with van der Waals surface area (Å²) in [6.07, 6.45) is 2.16. The number of fused-ring (bicyclic) bond motifs is 1. The summed E-state index contributed by atoms with van der Waals surface area (Å²) in [6, 6.07) is 28.8. The lowest BCUT2D eigenvalue weighted by Gasteiger charge is -2.38. The maximum atomic E-state index is 13.6. The quantitative estimate of drug-likeness (QED) is 0.423. The van der Waals surface area contributed by atoms with Crippen LogP contribution in [0.3, 0.4) is 0 Å². The number of nitrogens with zero attached hydrogens (tertiary/aromatic N) is 7. The van der Waals surface area contributed by atoms with Crippen molar-refractivity contribution >= 4 is 23.2 Å². The number of para-hydroxylation sites is 1. The second-order valence-corrected chi connectivity index (χ2v) is 9.49. The molecule has 0 N–H and O–H groups in total. The zero-order valence-electron chi connectivity index (χ0n) is 20.8. The molecule has 8 nitrogen and oxygen atoms in total. The molecular weight excluding hydrogens is 462 g/mol. The molecule has 3 aromatic carbocycles. The third-order valence-corrected chi connectivity index (χ3v) is 7.12. The van der Waals surface area contributed by atoms with Crippen molar-refractivity contribution in [2.24, 2.45) is 0 Å². The lowest BCUT2D eigenvalue weighted by molar-refractivity contribution is -0.129. The van der Waals surface area contributed by atoms with Gasteiger partial charge in [-0.05, 0) is 46.7 Å². The Morgan fingerprint density at radius 3 is 2.24 bits per heavy atom. The highest BCUT2D eigenvalue weighted by atomic mass is 16.2. The van der Waals surface area contributed by atoms with Gasteiger partial charge in [-0.15, -0.1) is 0 Å². The number of carbonyl (C=O) groups is 1. The van der Waals surface area contributed by atoms with E-state index < -0.39 is 0 Å². The van der Waals surface area contributed by atoms with Crippen LogP contribution in [0.1, 0.15) is 22.7 Å². The topological polar surface area (TPSA) is 70.4 Å². The van der Waals surface area contributed by atoms with Gasteiger partial charge < -0.3 is 9.80 Å². The van der Waals surface area contributed by atoms with Crippen molar-refractivity contribution in [1.29, 1.82) is 0 Å². The zero-order valence-corrected chi connectivity index (χ0v) is 20.8. The van der Waals surface area contributed by atoms with E-state index in [0.717, 1.165) is 29.9 Å². The first kappa shape index (κ1) is 23.0. The van der Waals surface area contributed by atoms with Crippen molar-refractivity contribution in [1.82, 2.24) is 25.1 Å². The number of allylic oxidation sites excluding steroid dienone is 1. The Morgan fingerprint density at radius 1 is 0.865 bits per heavy atom. The molecule has 0 saturated carbocycles. The molecule has 4 aromatic rings. The van der Waals surface area contributed by atoms with Gasteiger partial charge in [0, 0.05) is 31.9 Å². The molecule has 1 saturated heterocycles. The Kier molecular flexibility index (Phi) is 6.14. The molecule has 3 heterocycles. The minimum Gasteiger partial charge on any atom is -0.368 e. The summed E-state index contributed by atoms with van der Waals surface area (Å²) in [4.78, 5) is 19.8. The molecular formula is C29H29N7O. The number of benzene rings is 3. The summed E-state index contributed by atoms with van der Waals surface area (Å²) in [5.74, 6) is 0.640. The number of rotatable bonds is 5. The minimum absolute atomic E-state index is 0.0680. The van der Waals surface area contributed by atoms with Gasteiger partial charge >= 0.3 is 0 Å². The van der Waals surface area contributed by atoms with Gasteiger partial charge in [-0.25, -0.2) is 0 Å². The van der Waals surface area contributed by atoms with E-state index in [1.54, 1.807) is 4.68 Å². The van der Waals surface area contributed by atoms with Crippen molar-refractivity contribution < 1.29 is 4.79 Å². The monoisotopic (exact) mass is 491 g/mol. The van der Waals surface area contributed by atoms with Gasteiger partial charge in [-0.1, -0.05) is 83.5 Å². The molecule has 1 fully saturated rings. The zero-order chi connectivity index (χ0) is 25.2. The Morgan fingerprint density at radius 2 is 1.54 bits per heavy atom. The van der Waals surface area contributed by atoms with Crippen LogP contribution in [-0.4, -0.2) is 63.7 Å². The molecule has 0 bridgehead atoms. The predicted octanol–water partition coefficient (Wildman–Crippen LogP) is 3.78. The van der Waals surface area contributed by atoms with Gasteiger partial charge in [0.2, 0.25) is 5.91 Å². The van der Waals surface area contributed by atoms with E-state index in [1.807, 2.05) is 34.1 Å². The molecule has 6 rings (SSSR count). The first-order valence-corrected chi connectivity index (χ1v) is 12.6. The Labute approximate surface area is 216 Å². The van der Waals surface area contributed by atoms with Crippen molar-refractivity contribution in [3.8, 4) is 0 Å². The maximum Gasteiger partial charge on any atom is 0.251 e. The van der Waals surface area contributed by atoms with Crippen LogP contribution in [0.4, 0.5) is 11.6 Å². The first-order chi connectivity index (χ1) is 18.2. The molecule has 1 atom stereocenters. The predicted molar refractivity (Wildman–Crippen MR) is 144 cm³/mol. The highest BCUT2D eigenvalue weighted by Crippen LogP contribution is 2.36. The molecule has 186 valence electrons. The van der Waals surface area contributed by atoms with Gasteiger partial charge in [0.25, 0.3) is 5.95 Å². The van der Waals surface area contributed by atoms with Crippen molar-refractivity contribution in [3.63, 3.8) is 0 Å². The average molecular weight is 492 g/mol. The van der Waals surface area contributed by atoms with Gasteiger partial charge in [0.1, 0.15) is 12.6 Å². The fourth-order valence-corrected chi connectivity index (χ4v) is 5.07. The summed E-state index contributed by atoms with van der Waals surface area (Å²) in [5, 5.41) is 12.7. The van der Waals surface area contributed by atoms with Crippen LogP contribution in [0.2, 0.25) is 0 Å². The van der Waals surface area contributed by atoms with E-state index >= 15 is 0 Å². The normalized spacial score (nSPS) is 17.4. The SMILES string of the molecule is Cc1ccc(C2=CC(c3ccccc3)n3nnnc3N2CC(=O)N2CCN(c3ccccc3)CC2)cc1. The number of anilines is 2. The molecule has 2 aliphatic heterocycles. The molecule has 1 unspecified atom stereocenters. The summed E-state index contributed by atoms with van der Waals surface area (Å²) >= 11 is 0. The molecule has 2 aliphatic rings. The Hall–Kier alpha value is -4.46. The summed E-state index contributed by atoms with van der Waals surface area (Å²) in [5.41, 5.74) is 5.43. The van der Waals surface area contributed by atoms with Crippen LogP contribution in [0.15, 0.2) is 91.0 Å². The number of aromatic nitrogens is 4. The van der Waals surface area contributed by atoms with Crippen molar-refractivity contribution in [2.75, 3.05) is 42.5 Å². The van der Waals surface area contributed by atoms with Gasteiger partial charge in [-0.3, -0.25) is 9.69 Å². The van der Waals surface area contributed by atoms with Crippen LogP contribution in [0.25, 0.3) is 5.70 Å². The molecule has 1 aromatic heterocycles. The molecule has 0 radical (unpaired) electrons. The summed E-state index contributed by atoms with van der Waals surface area (Å²) in [7, 11) is 0. The fraction of sp³-hybridized carbons (Fsp3) is 0.241. The second kappa shape index (κ2) is 9.89. The molecule has 1 amide bonds. The first-order valence-electron chi connectivity index (χ1n) is 12.6. The number of hydrogen-bond acceptors (Lipinski definition) is 6. The van der Waals surface area contributed by atoms with E-state index in [2.05, 4.69) is 94.1 Å². The van der Waals surface area contributed by atoms with Gasteiger partial charge in [0.05, 0.1) is 5.70 Å². The number of tetrazole rings is 1. The highest BCUT2D eigenvalue weighted by Gasteiger charge is 2.33. The van der Waals surface area contributed by atoms with Crippen LogP contribution in [-0.2, 0) is 4.79 Å². The number of amides is 1. The van der Waals surface area contributed by atoms with Crippen LogP contribution in [0, 0.1) is 6.92 Å². The van der Waals surface area contributed by atoms with Crippen LogP contribution in [0.5, 0.6) is 0 Å². The summed E-state index contributed by atoms with van der Waals surface area (Å²) < 4.78 is 1.80. The Bertz CT molecular complexity index is 1390. The van der Waals surface area contributed by atoms with E-state index in [1.165, 1.54) is 11.3 Å². The smallest absolute Gasteiger partial charge is 0.251 e. The lowest BCUT2D eigenvalue weighted by Crippen LogP contribution is -2.51. The third kappa shape index (κ3) is 4.58. The van der Waals surface area contributed by atoms with E-state index in [-0.39, 0.29) is 18.5 Å². The standard InChI is InChI=1S/C29H29N7O/c1-22-12-14-24(15-13-22)26-20-27(23-8-4-2-5-9-23)36-29(30-31-32-36)35(26)21-28(37)34-18-16-33(17-19-34)25-10-6-3-7-11-25/h2-15,20,27H,16-19,21H2,1H3. The molecule has 8 heteroatoms. The Balaban J connectivity index is 1.28. The number of hydrogen-bond donors (Lipinski definition) is 0. The van der Waals surface area contributed by atoms with Crippen molar-refractivity contribution in [3.05, 3.63) is 108 Å². The van der Waals surface area contributed by atoms with Crippen LogP contribution >= 0.6 is 0 Å². The van der Waals surface area contributed by atoms with Crippen LogP contribution < -0.4 is 9.80 Å². The fourth-order valence-electron chi connectivity index (χ4n) is 5.07. The van der Waals surface area contributed by atoms with E-state index in [9.17, 15) is 4.79 Å². The molecule has 0 spiro atoms. The van der Waals surface area contributed by atoms with Gasteiger partial charge in [0.15, 0.2) is 0 Å².